The number of nitrogens with zero attached hydrogens (tertiary/aromatic N) is 4. The highest BCUT2D eigenvalue weighted by atomic mass is 16.7. The molecular formula is C29H22N6O3. The number of nitrogens with two attached hydrogens (primary N) is 1. The third-order valence-corrected chi connectivity index (χ3v) is 6.50. The summed E-state index contributed by atoms with van der Waals surface area (Å²) in [5.41, 5.74) is 8.91. The lowest BCUT2D eigenvalue weighted by atomic mass is 9.97. The zero-order valence-electron chi connectivity index (χ0n) is 20.4. The Balaban J connectivity index is 1.56. The molecule has 0 aliphatic carbocycles. The van der Waals surface area contributed by atoms with Gasteiger partial charge in [0.25, 0.3) is 5.56 Å². The molecule has 9 nitrogen and oxygen atoms in total. The maximum atomic E-state index is 14.3. The molecular weight excluding hydrogens is 480 g/mol. The van der Waals surface area contributed by atoms with Crippen molar-refractivity contribution in [2.24, 2.45) is 0 Å². The Bertz CT molecular complexity index is 1790. The zero-order valence-corrected chi connectivity index (χ0v) is 20.4. The van der Waals surface area contributed by atoms with E-state index in [-0.39, 0.29) is 23.9 Å². The Morgan fingerprint density at radius 2 is 1.87 bits per heavy atom. The first-order valence-corrected chi connectivity index (χ1v) is 12.0. The van der Waals surface area contributed by atoms with Gasteiger partial charge in [0.15, 0.2) is 11.5 Å². The topological polar surface area (TPSA) is 128 Å². The average molecular weight is 503 g/mol. The van der Waals surface area contributed by atoms with Crippen molar-refractivity contribution in [3.63, 3.8) is 0 Å². The Hall–Kier alpha value is -5.36. The minimum Gasteiger partial charge on any atom is -0.454 e. The molecule has 0 amide bonds. The molecule has 5 aromatic rings. The molecule has 2 aromatic heterocycles. The molecule has 3 aromatic carbocycles. The van der Waals surface area contributed by atoms with Gasteiger partial charge in [-0.2, -0.15) is 10.2 Å². The second-order valence-electron chi connectivity index (χ2n) is 8.85. The Morgan fingerprint density at radius 1 is 1.05 bits per heavy atom. The number of nitrogens with one attached hydrogen (secondary N) is 1. The number of hydrogen-bond acceptors (Lipinski definition) is 8. The molecule has 3 N–H and O–H groups in total. The van der Waals surface area contributed by atoms with Crippen molar-refractivity contribution in [1.82, 2.24) is 14.5 Å². The lowest BCUT2D eigenvalue weighted by molar-refractivity contribution is 0.174. The first-order chi connectivity index (χ1) is 18.5. The summed E-state index contributed by atoms with van der Waals surface area (Å²) in [5.74, 6) is 1.68. The van der Waals surface area contributed by atoms with E-state index in [1.54, 1.807) is 4.57 Å². The third kappa shape index (κ3) is 3.94. The summed E-state index contributed by atoms with van der Waals surface area (Å²) >= 11 is 0. The van der Waals surface area contributed by atoms with E-state index in [1.165, 1.54) is 6.20 Å². The summed E-state index contributed by atoms with van der Waals surface area (Å²) in [6.07, 6.45) is 1.37. The van der Waals surface area contributed by atoms with Crippen molar-refractivity contribution in [3.05, 3.63) is 101 Å². The number of hydrogen-bond donors (Lipinski definition) is 2. The van der Waals surface area contributed by atoms with Crippen LogP contribution in [0.3, 0.4) is 0 Å². The van der Waals surface area contributed by atoms with E-state index in [1.807, 2.05) is 79.7 Å². The molecule has 186 valence electrons. The van der Waals surface area contributed by atoms with E-state index < -0.39 is 6.04 Å². The van der Waals surface area contributed by atoms with Gasteiger partial charge in [0.05, 0.1) is 17.6 Å². The predicted octanol–water partition coefficient (Wildman–Crippen LogP) is 4.80. The average Bonchev–Trinajstić information content (AvgIpc) is 3.41. The molecule has 0 saturated heterocycles. The van der Waals surface area contributed by atoms with Gasteiger partial charge in [-0.15, -0.1) is 0 Å². The van der Waals surface area contributed by atoms with E-state index in [4.69, 9.17) is 15.2 Å². The van der Waals surface area contributed by atoms with Crippen molar-refractivity contribution in [3.8, 4) is 34.4 Å². The van der Waals surface area contributed by atoms with Gasteiger partial charge < -0.3 is 20.5 Å². The molecule has 1 unspecified atom stereocenters. The highest BCUT2D eigenvalue weighted by Crippen LogP contribution is 2.38. The summed E-state index contributed by atoms with van der Waals surface area (Å²) in [7, 11) is 0. The minimum absolute atomic E-state index is 0.0472. The van der Waals surface area contributed by atoms with Gasteiger partial charge in [0, 0.05) is 11.4 Å². The first kappa shape index (κ1) is 23.1. The van der Waals surface area contributed by atoms with Crippen LogP contribution < -0.4 is 26.1 Å². The molecule has 1 aliphatic heterocycles. The Labute approximate surface area is 217 Å². The zero-order chi connectivity index (χ0) is 26.2. The highest BCUT2D eigenvalue weighted by molar-refractivity contribution is 5.97. The molecule has 38 heavy (non-hydrogen) atoms. The quantitative estimate of drug-likeness (QED) is 0.351. The van der Waals surface area contributed by atoms with Crippen LogP contribution in [0.4, 0.5) is 11.8 Å². The molecule has 0 saturated carbocycles. The second-order valence-corrected chi connectivity index (χ2v) is 8.85. The maximum Gasteiger partial charge on any atom is 0.263 e. The number of fused-ring (bicyclic) bond motifs is 2. The molecule has 0 fully saturated rings. The van der Waals surface area contributed by atoms with E-state index in [2.05, 4.69) is 21.4 Å². The molecule has 9 heteroatoms. The number of benzene rings is 3. The first-order valence-electron chi connectivity index (χ1n) is 12.0. The van der Waals surface area contributed by atoms with Crippen molar-refractivity contribution in [2.75, 3.05) is 17.8 Å². The number of pyridine rings is 1. The normalized spacial score (nSPS) is 12.7. The van der Waals surface area contributed by atoms with Crippen LogP contribution in [-0.4, -0.2) is 21.3 Å². The highest BCUT2D eigenvalue weighted by Gasteiger charge is 2.21. The van der Waals surface area contributed by atoms with Crippen LogP contribution in [0, 0.1) is 11.3 Å². The van der Waals surface area contributed by atoms with Gasteiger partial charge in [0.1, 0.15) is 17.5 Å². The van der Waals surface area contributed by atoms with Gasteiger partial charge >= 0.3 is 0 Å². The fourth-order valence-electron chi connectivity index (χ4n) is 4.72. The summed E-state index contributed by atoms with van der Waals surface area (Å²) < 4.78 is 12.7. The van der Waals surface area contributed by atoms with E-state index in [0.29, 0.717) is 34.1 Å². The summed E-state index contributed by atoms with van der Waals surface area (Å²) in [5, 5.41) is 14.1. The van der Waals surface area contributed by atoms with Gasteiger partial charge in [-0.25, -0.2) is 4.98 Å². The van der Waals surface area contributed by atoms with Crippen LogP contribution in [0.15, 0.2) is 83.8 Å². The number of ether oxygens (including phenoxy) is 2. The van der Waals surface area contributed by atoms with Crippen LogP contribution >= 0.6 is 0 Å². The van der Waals surface area contributed by atoms with Gasteiger partial charge in [-0.05, 0) is 53.8 Å². The second kappa shape index (κ2) is 9.26. The summed E-state index contributed by atoms with van der Waals surface area (Å²) in [4.78, 5) is 22.4. The number of aromatic nitrogens is 3. The van der Waals surface area contributed by atoms with E-state index >= 15 is 0 Å². The van der Waals surface area contributed by atoms with Crippen molar-refractivity contribution in [2.45, 2.75) is 13.0 Å². The fourth-order valence-corrected chi connectivity index (χ4v) is 4.72. The van der Waals surface area contributed by atoms with Crippen molar-refractivity contribution < 1.29 is 9.47 Å². The SMILES string of the molecule is CC(Nc1nc(N)ncc1C#N)c1cc2cccc(-c3ccc4c(c3)OCO4)c2c(=O)n1-c1ccccc1. The van der Waals surface area contributed by atoms with Crippen LogP contribution in [0.5, 0.6) is 11.5 Å². The maximum absolute atomic E-state index is 14.3. The largest absolute Gasteiger partial charge is 0.454 e. The molecule has 1 atom stereocenters. The lowest BCUT2D eigenvalue weighted by Gasteiger charge is -2.22. The standard InChI is InChI=1S/C29H22N6O3/c1-17(33-27-20(14-30)15-32-29(31)34-27)23-12-19-6-5-9-22(18-10-11-24-25(13-18)38-16-37-24)26(19)28(36)35(23)21-7-3-2-4-8-21/h2-13,15,17H,16H2,1H3,(H3,31,32,33,34). The van der Waals surface area contributed by atoms with Crippen LogP contribution in [-0.2, 0) is 0 Å². The minimum atomic E-state index is -0.414. The molecule has 0 bridgehead atoms. The van der Waals surface area contributed by atoms with E-state index in [0.717, 1.165) is 16.5 Å². The number of rotatable bonds is 5. The molecule has 0 spiro atoms. The van der Waals surface area contributed by atoms with Crippen LogP contribution in [0.25, 0.3) is 27.6 Å². The molecule has 0 radical (unpaired) electrons. The lowest BCUT2D eigenvalue weighted by Crippen LogP contribution is -2.26. The summed E-state index contributed by atoms with van der Waals surface area (Å²) in [6.45, 7) is 2.08. The number of nitrogen functional groups attached to an aromatic ring is 1. The van der Waals surface area contributed by atoms with Crippen LogP contribution in [0.1, 0.15) is 24.2 Å². The molecule has 3 heterocycles. The monoisotopic (exact) mass is 502 g/mol. The predicted molar refractivity (Wildman–Crippen MR) is 144 cm³/mol. The molecule has 1 aliphatic rings. The summed E-state index contributed by atoms with van der Waals surface area (Å²) in [6, 6.07) is 24.5. The van der Waals surface area contributed by atoms with E-state index in [9.17, 15) is 10.1 Å². The smallest absolute Gasteiger partial charge is 0.263 e. The Kier molecular flexibility index (Phi) is 5.62. The fraction of sp³-hybridized carbons (Fsp3) is 0.103. The van der Waals surface area contributed by atoms with Gasteiger partial charge in [0.2, 0.25) is 12.7 Å². The number of nitriles is 1. The van der Waals surface area contributed by atoms with Gasteiger partial charge in [-0.3, -0.25) is 9.36 Å². The molecule has 6 rings (SSSR count). The number of para-hydroxylation sites is 1. The van der Waals surface area contributed by atoms with Crippen LogP contribution in [0.2, 0.25) is 0 Å². The Morgan fingerprint density at radius 3 is 2.68 bits per heavy atom. The van der Waals surface area contributed by atoms with Crippen molar-refractivity contribution in [1.29, 1.82) is 5.26 Å². The van der Waals surface area contributed by atoms with Crippen molar-refractivity contribution >= 4 is 22.5 Å². The third-order valence-electron chi connectivity index (χ3n) is 6.50. The number of anilines is 2. The van der Waals surface area contributed by atoms with Gasteiger partial charge in [-0.1, -0.05) is 42.5 Å².